The standard InChI is InChI=1S/C52H44N4O2P2/c1-37-33-49-50(34-38(37)2)54(44-19-11-6-12-20-44)59(57,53(49)43-17-9-5-10-18-43)47-29-25-41(26-30-47)42-27-31-48(32-28-42)60(58)55(45-21-13-7-14-22-45)51-35-39(3)40(4)36-52(51)56(60)46-23-15-8-16-24-46/h5-36H,1-4H3. The van der Waals surface area contributed by atoms with Gasteiger partial charge in [0.25, 0.3) is 0 Å². The van der Waals surface area contributed by atoms with Crippen LogP contribution in [0.15, 0.2) is 194 Å². The van der Waals surface area contributed by atoms with E-state index in [1.807, 2.05) is 164 Å². The summed E-state index contributed by atoms with van der Waals surface area (Å²) in [5.74, 6) is 0. The second-order valence-corrected chi connectivity index (χ2v) is 20.4. The third-order valence-corrected chi connectivity index (χ3v) is 17.8. The van der Waals surface area contributed by atoms with Gasteiger partial charge in [0.2, 0.25) is 0 Å². The van der Waals surface area contributed by atoms with Crippen molar-refractivity contribution < 1.29 is 9.13 Å². The third kappa shape index (κ3) is 5.85. The van der Waals surface area contributed by atoms with Crippen LogP contribution in [0.2, 0.25) is 0 Å². The SMILES string of the molecule is Cc1cc2c(cc1C)N(c1ccccc1)P(=O)(c1ccc(-c3ccc(P4(=O)N(c5ccccc5)c5cc(C)c(C)cc5N4c4ccccc4)cc3)cc1)N2c1ccccc1. The molecular weight excluding hydrogens is 775 g/mol. The van der Waals surface area contributed by atoms with Gasteiger partial charge in [-0.05, 0) is 158 Å². The summed E-state index contributed by atoms with van der Waals surface area (Å²) in [5, 5.41) is 1.44. The van der Waals surface area contributed by atoms with Crippen LogP contribution in [0.1, 0.15) is 22.3 Å². The van der Waals surface area contributed by atoms with E-state index < -0.39 is 14.9 Å². The minimum Gasteiger partial charge on any atom is -0.270 e. The molecule has 6 nitrogen and oxygen atoms in total. The van der Waals surface area contributed by atoms with Gasteiger partial charge in [-0.3, -0.25) is 27.8 Å². The Labute approximate surface area is 352 Å². The predicted molar refractivity (Wildman–Crippen MR) is 253 cm³/mol. The summed E-state index contributed by atoms with van der Waals surface area (Å²) in [6.45, 7) is 8.43. The lowest BCUT2D eigenvalue weighted by Crippen LogP contribution is -2.26. The minimum atomic E-state index is -3.54. The molecule has 8 aromatic rings. The molecule has 2 aliphatic rings. The molecule has 294 valence electrons. The maximum atomic E-state index is 16.3. The number of nitrogens with zero attached hydrogens (tertiary/aromatic N) is 4. The Balaban J connectivity index is 1.07. The van der Waals surface area contributed by atoms with E-state index in [0.717, 1.165) is 89.5 Å². The fourth-order valence-electron chi connectivity index (χ4n) is 8.63. The van der Waals surface area contributed by atoms with Crippen LogP contribution in [-0.4, -0.2) is 0 Å². The van der Waals surface area contributed by atoms with Gasteiger partial charge >= 0.3 is 14.9 Å². The van der Waals surface area contributed by atoms with E-state index in [0.29, 0.717) is 0 Å². The maximum absolute atomic E-state index is 16.3. The van der Waals surface area contributed by atoms with Crippen LogP contribution in [-0.2, 0) is 9.13 Å². The Hall–Kier alpha value is -6.58. The largest absolute Gasteiger partial charge is 0.301 e. The monoisotopic (exact) mass is 818 g/mol. The van der Waals surface area contributed by atoms with Crippen molar-refractivity contribution in [1.29, 1.82) is 0 Å². The highest BCUT2D eigenvalue weighted by atomic mass is 31.2. The maximum Gasteiger partial charge on any atom is 0.301 e. The second kappa shape index (κ2) is 14.6. The lowest BCUT2D eigenvalue weighted by Gasteiger charge is -2.33. The number of para-hydroxylation sites is 4. The van der Waals surface area contributed by atoms with Gasteiger partial charge in [0, 0.05) is 22.7 Å². The third-order valence-electron chi connectivity index (χ3n) is 11.9. The molecule has 0 N–H and O–H groups in total. The van der Waals surface area contributed by atoms with Crippen molar-refractivity contribution in [2.75, 3.05) is 18.7 Å². The van der Waals surface area contributed by atoms with Crippen LogP contribution in [0.3, 0.4) is 0 Å². The van der Waals surface area contributed by atoms with Gasteiger partial charge in [-0.1, -0.05) is 97.1 Å². The molecular formula is C52H44N4O2P2. The fourth-order valence-corrected chi connectivity index (χ4v) is 14.6. The van der Waals surface area contributed by atoms with Crippen molar-refractivity contribution in [3.8, 4) is 11.1 Å². The normalized spacial score (nSPS) is 14.9. The summed E-state index contributed by atoms with van der Waals surface area (Å²) in [6.07, 6.45) is 0. The van der Waals surface area contributed by atoms with Crippen molar-refractivity contribution >= 4 is 71.0 Å². The summed E-state index contributed by atoms with van der Waals surface area (Å²) in [4.78, 5) is 0. The Morgan fingerprint density at radius 2 is 0.517 bits per heavy atom. The fraction of sp³-hybridized carbons (Fsp3) is 0.0769. The highest BCUT2D eigenvalue weighted by molar-refractivity contribution is 7.76. The summed E-state index contributed by atoms with van der Waals surface area (Å²) in [6, 6.07) is 65.1. The lowest BCUT2D eigenvalue weighted by molar-refractivity contribution is 0.581. The first kappa shape index (κ1) is 37.7. The van der Waals surface area contributed by atoms with Gasteiger partial charge in [0.05, 0.1) is 33.4 Å². The molecule has 8 heteroatoms. The van der Waals surface area contributed by atoms with E-state index in [2.05, 4.69) is 76.2 Å². The van der Waals surface area contributed by atoms with Crippen LogP contribution in [0.5, 0.6) is 0 Å². The molecule has 0 amide bonds. The molecule has 0 saturated heterocycles. The van der Waals surface area contributed by atoms with Gasteiger partial charge in [-0.15, -0.1) is 0 Å². The smallest absolute Gasteiger partial charge is 0.270 e. The average molecular weight is 819 g/mol. The van der Waals surface area contributed by atoms with Crippen molar-refractivity contribution in [1.82, 2.24) is 0 Å². The Bertz CT molecular complexity index is 2620. The second-order valence-electron chi connectivity index (χ2n) is 15.6. The van der Waals surface area contributed by atoms with E-state index in [4.69, 9.17) is 0 Å². The zero-order chi connectivity index (χ0) is 41.2. The Kier molecular flexibility index (Phi) is 9.17. The zero-order valence-corrected chi connectivity index (χ0v) is 35.8. The number of fused-ring (bicyclic) bond motifs is 2. The number of aryl methyl sites for hydroxylation is 4. The molecule has 0 saturated carbocycles. The molecule has 0 radical (unpaired) electrons. The van der Waals surface area contributed by atoms with Crippen molar-refractivity contribution in [3.05, 3.63) is 216 Å². The molecule has 0 bridgehead atoms. The van der Waals surface area contributed by atoms with Crippen molar-refractivity contribution in [3.63, 3.8) is 0 Å². The Morgan fingerprint density at radius 3 is 0.733 bits per heavy atom. The first-order chi connectivity index (χ1) is 29.2. The first-order valence-corrected chi connectivity index (χ1v) is 23.5. The molecule has 2 heterocycles. The molecule has 0 spiro atoms. The molecule has 60 heavy (non-hydrogen) atoms. The molecule has 0 atom stereocenters. The summed E-state index contributed by atoms with van der Waals surface area (Å²) < 4.78 is 40.7. The van der Waals surface area contributed by atoms with E-state index in [1.54, 1.807) is 0 Å². The van der Waals surface area contributed by atoms with Crippen LogP contribution in [0, 0.1) is 27.7 Å². The van der Waals surface area contributed by atoms with Gasteiger partial charge in [-0.2, -0.15) is 0 Å². The molecule has 0 aromatic heterocycles. The number of rotatable bonds is 7. The topological polar surface area (TPSA) is 47.1 Å². The molecule has 0 unspecified atom stereocenters. The van der Waals surface area contributed by atoms with E-state index in [9.17, 15) is 0 Å². The molecule has 8 aromatic carbocycles. The van der Waals surface area contributed by atoms with Crippen LogP contribution in [0.4, 0.5) is 45.5 Å². The molecule has 2 aliphatic heterocycles. The van der Waals surface area contributed by atoms with Gasteiger partial charge in [-0.25, -0.2) is 0 Å². The molecule has 10 rings (SSSR count). The van der Waals surface area contributed by atoms with Crippen LogP contribution < -0.4 is 29.3 Å². The van der Waals surface area contributed by atoms with Crippen LogP contribution in [0.25, 0.3) is 11.1 Å². The number of hydrogen-bond donors (Lipinski definition) is 0. The van der Waals surface area contributed by atoms with Gasteiger partial charge in [0.1, 0.15) is 0 Å². The van der Waals surface area contributed by atoms with E-state index in [1.165, 1.54) is 0 Å². The summed E-state index contributed by atoms with van der Waals surface area (Å²) in [7, 11) is -7.08. The zero-order valence-electron chi connectivity index (χ0n) is 34.0. The van der Waals surface area contributed by atoms with Crippen molar-refractivity contribution in [2.45, 2.75) is 27.7 Å². The highest BCUT2D eigenvalue weighted by Crippen LogP contribution is 2.71. The van der Waals surface area contributed by atoms with Gasteiger partial charge in [0.15, 0.2) is 0 Å². The first-order valence-electron chi connectivity index (χ1n) is 20.2. The lowest BCUT2D eigenvalue weighted by atomic mass is 10.1. The average Bonchev–Trinajstić information content (AvgIpc) is 3.69. The quantitative estimate of drug-likeness (QED) is 0.149. The van der Waals surface area contributed by atoms with E-state index in [-0.39, 0.29) is 0 Å². The molecule has 0 aliphatic carbocycles. The summed E-state index contributed by atoms with van der Waals surface area (Å²) in [5.41, 5.74) is 13.6. The predicted octanol–water partition coefficient (Wildman–Crippen LogP) is 14.2. The van der Waals surface area contributed by atoms with Gasteiger partial charge < -0.3 is 0 Å². The molecule has 0 fully saturated rings. The minimum absolute atomic E-state index is 0.720. The van der Waals surface area contributed by atoms with E-state index >= 15 is 9.13 Å². The Morgan fingerprint density at radius 1 is 0.300 bits per heavy atom. The summed E-state index contributed by atoms with van der Waals surface area (Å²) >= 11 is 0. The number of anilines is 8. The van der Waals surface area contributed by atoms with Crippen LogP contribution >= 0.6 is 14.9 Å². The van der Waals surface area contributed by atoms with Crippen molar-refractivity contribution in [2.24, 2.45) is 0 Å². The number of benzene rings is 8. The highest BCUT2D eigenvalue weighted by Gasteiger charge is 2.50. The number of hydrogen-bond acceptors (Lipinski definition) is 2.